The van der Waals surface area contributed by atoms with Gasteiger partial charge in [-0.15, -0.1) is 0 Å². The Morgan fingerprint density at radius 2 is 1.89 bits per heavy atom. The topological polar surface area (TPSA) is 33.1 Å². The molecular formula is C15H15N3S. The Labute approximate surface area is 116 Å². The standard InChI is InChI=1S/C15H15N3S/c1-10(2)12-8-14-16-13(9-15(19)18(14)17-12)11-6-4-3-5-7-11/h3-10,17H,1-2H3. The van der Waals surface area contributed by atoms with Crippen molar-refractivity contribution in [3.05, 3.63) is 52.8 Å². The van der Waals surface area contributed by atoms with E-state index in [2.05, 4.69) is 30.0 Å². The van der Waals surface area contributed by atoms with Gasteiger partial charge in [0.15, 0.2) is 5.65 Å². The third kappa shape index (κ3) is 2.19. The highest BCUT2D eigenvalue weighted by Crippen LogP contribution is 2.20. The lowest BCUT2D eigenvalue weighted by atomic mass is 10.1. The summed E-state index contributed by atoms with van der Waals surface area (Å²) >= 11 is 5.43. The van der Waals surface area contributed by atoms with Gasteiger partial charge in [-0.05, 0) is 5.92 Å². The largest absolute Gasteiger partial charge is 0.295 e. The van der Waals surface area contributed by atoms with E-state index in [1.165, 1.54) is 0 Å². The van der Waals surface area contributed by atoms with E-state index in [1.54, 1.807) is 0 Å². The Morgan fingerprint density at radius 3 is 2.58 bits per heavy atom. The van der Waals surface area contributed by atoms with Crippen molar-refractivity contribution < 1.29 is 0 Å². The van der Waals surface area contributed by atoms with Gasteiger partial charge in [-0.25, -0.2) is 9.50 Å². The van der Waals surface area contributed by atoms with Crippen LogP contribution in [0.4, 0.5) is 0 Å². The summed E-state index contributed by atoms with van der Waals surface area (Å²) in [5.41, 5.74) is 4.02. The van der Waals surface area contributed by atoms with E-state index < -0.39 is 0 Å². The maximum Gasteiger partial charge on any atom is 0.155 e. The molecule has 3 nitrogen and oxygen atoms in total. The van der Waals surface area contributed by atoms with Gasteiger partial charge in [0.05, 0.1) is 5.69 Å². The molecular weight excluding hydrogens is 254 g/mol. The first-order valence-corrected chi connectivity index (χ1v) is 6.74. The van der Waals surface area contributed by atoms with Crippen LogP contribution in [0.3, 0.4) is 0 Å². The molecule has 0 aliphatic heterocycles. The van der Waals surface area contributed by atoms with Crippen molar-refractivity contribution in [2.24, 2.45) is 0 Å². The monoisotopic (exact) mass is 269 g/mol. The van der Waals surface area contributed by atoms with Gasteiger partial charge >= 0.3 is 0 Å². The van der Waals surface area contributed by atoms with Gasteiger partial charge in [-0.3, -0.25) is 5.10 Å². The molecule has 0 aliphatic carbocycles. The fourth-order valence-corrected chi connectivity index (χ4v) is 2.31. The second kappa shape index (κ2) is 4.63. The lowest BCUT2D eigenvalue weighted by Gasteiger charge is -2.01. The molecule has 3 rings (SSSR count). The van der Waals surface area contributed by atoms with Gasteiger partial charge in [0, 0.05) is 23.4 Å². The minimum atomic E-state index is 0.427. The molecule has 1 aromatic carbocycles. The van der Waals surface area contributed by atoms with Crippen LogP contribution in [0.1, 0.15) is 25.5 Å². The minimum absolute atomic E-state index is 0.427. The molecule has 2 aromatic heterocycles. The van der Waals surface area contributed by atoms with E-state index >= 15 is 0 Å². The Balaban J connectivity index is 2.22. The van der Waals surface area contributed by atoms with Crippen molar-refractivity contribution in [3.8, 4) is 11.3 Å². The highest BCUT2D eigenvalue weighted by molar-refractivity contribution is 7.71. The summed E-state index contributed by atoms with van der Waals surface area (Å²) in [6.45, 7) is 4.29. The molecule has 0 radical (unpaired) electrons. The fourth-order valence-electron chi connectivity index (χ4n) is 2.06. The van der Waals surface area contributed by atoms with Crippen LogP contribution in [0.25, 0.3) is 16.9 Å². The third-order valence-corrected chi connectivity index (χ3v) is 3.46. The molecule has 0 bridgehead atoms. The molecule has 0 saturated carbocycles. The van der Waals surface area contributed by atoms with Gasteiger partial charge in [0.1, 0.15) is 4.64 Å². The Morgan fingerprint density at radius 1 is 1.16 bits per heavy atom. The first kappa shape index (κ1) is 12.1. The predicted octanol–water partition coefficient (Wildman–Crippen LogP) is 4.18. The van der Waals surface area contributed by atoms with Crippen molar-refractivity contribution >= 4 is 17.9 Å². The number of rotatable bonds is 2. The first-order valence-electron chi connectivity index (χ1n) is 6.33. The van der Waals surface area contributed by atoms with E-state index in [0.29, 0.717) is 5.92 Å². The fraction of sp³-hybridized carbons (Fsp3) is 0.200. The Hall–Kier alpha value is -1.94. The van der Waals surface area contributed by atoms with Crippen LogP contribution in [0, 0.1) is 4.64 Å². The van der Waals surface area contributed by atoms with Gasteiger partial charge < -0.3 is 0 Å². The predicted molar refractivity (Wildman–Crippen MR) is 79.9 cm³/mol. The highest BCUT2D eigenvalue weighted by Gasteiger charge is 2.08. The van der Waals surface area contributed by atoms with E-state index in [-0.39, 0.29) is 0 Å². The van der Waals surface area contributed by atoms with Crippen LogP contribution in [-0.4, -0.2) is 14.6 Å². The average Bonchev–Trinajstić information content (AvgIpc) is 2.84. The van der Waals surface area contributed by atoms with Crippen LogP contribution < -0.4 is 0 Å². The number of benzene rings is 1. The molecule has 96 valence electrons. The number of nitrogens with zero attached hydrogens (tertiary/aromatic N) is 2. The molecule has 19 heavy (non-hydrogen) atoms. The summed E-state index contributed by atoms with van der Waals surface area (Å²) in [6.07, 6.45) is 0. The van der Waals surface area contributed by atoms with Crippen LogP contribution in [0.2, 0.25) is 0 Å². The number of H-pyrrole nitrogens is 1. The van der Waals surface area contributed by atoms with E-state index in [1.807, 2.05) is 40.9 Å². The lowest BCUT2D eigenvalue weighted by molar-refractivity contribution is 0.783. The summed E-state index contributed by atoms with van der Waals surface area (Å²) in [7, 11) is 0. The van der Waals surface area contributed by atoms with Crippen molar-refractivity contribution in [3.63, 3.8) is 0 Å². The Kier molecular flexibility index (Phi) is 2.95. The van der Waals surface area contributed by atoms with Crippen LogP contribution in [0.15, 0.2) is 42.5 Å². The van der Waals surface area contributed by atoms with Crippen molar-refractivity contribution in [1.29, 1.82) is 0 Å². The molecule has 0 saturated heterocycles. The third-order valence-electron chi connectivity index (χ3n) is 3.16. The molecule has 0 fully saturated rings. The maximum atomic E-state index is 5.43. The molecule has 3 aromatic rings. The normalized spacial score (nSPS) is 11.3. The molecule has 4 heteroatoms. The highest BCUT2D eigenvalue weighted by atomic mass is 32.1. The second-order valence-electron chi connectivity index (χ2n) is 4.91. The first-order chi connectivity index (χ1) is 9.15. The summed E-state index contributed by atoms with van der Waals surface area (Å²) < 4.78 is 2.60. The number of aromatic nitrogens is 3. The summed E-state index contributed by atoms with van der Waals surface area (Å²) in [4.78, 5) is 4.67. The SMILES string of the molecule is CC(C)c1cc2nc(-c3ccccc3)cc(=S)n2[nH]1. The summed E-state index contributed by atoms with van der Waals surface area (Å²) in [6, 6.07) is 14.1. The summed E-state index contributed by atoms with van der Waals surface area (Å²) in [5.74, 6) is 0.427. The van der Waals surface area contributed by atoms with E-state index in [9.17, 15) is 0 Å². The number of fused-ring (bicyclic) bond motifs is 1. The maximum absolute atomic E-state index is 5.43. The van der Waals surface area contributed by atoms with Crippen molar-refractivity contribution in [1.82, 2.24) is 14.6 Å². The Bertz CT molecular complexity index is 769. The molecule has 1 N–H and O–H groups in total. The zero-order valence-electron chi connectivity index (χ0n) is 10.9. The van der Waals surface area contributed by atoms with Gasteiger partial charge in [-0.2, -0.15) is 0 Å². The number of hydrogen-bond donors (Lipinski definition) is 1. The molecule has 0 unspecified atom stereocenters. The molecule has 0 amide bonds. The van der Waals surface area contributed by atoms with Gasteiger partial charge in [0.25, 0.3) is 0 Å². The van der Waals surface area contributed by atoms with E-state index in [4.69, 9.17) is 12.2 Å². The summed E-state index contributed by atoms with van der Waals surface area (Å²) in [5, 5.41) is 3.29. The average molecular weight is 269 g/mol. The smallest absolute Gasteiger partial charge is 0.155 e. The van der Waals surface area contributed by atoms with Crippen molar-refractivity contribution in [2.75, 3.05) is 0 Å². The van der Waals surface area contributed by atoms with Crippen LogP contribution >= 0.6 is 12.2 Å². The quantitative estimate of drug-likeness (QED) is 0.708. The number of nitrogens with one attached hydrogen (secondary N) is 1. The van der Waals surface area contributed by atoms with E-state index in [0.717, 1.165) is 27.2 Å². The molecule has 0 spiro atoms. The van der Waals surface area contributed by atoms with Gasteiger partial charge in [0.2, 0.25) is 0 Å². The second-order valence-corrected chi connectivity index (χ2v) is 5.32. The van der Waals surface area contributed by atoms with Crippen LogP contribution in [0.5, 0.6) is 0 Å². The van der Waals surface area contributed by atoms with Crippen molar-refractivity contribution in [2.45, 2.75) is 19.8 Å². The number of aromatic amines is 1. The minimum Gasteiger partial charge on any atom is -0.295 e. The zero-order chi connectivity index (χ0) is 13.4. The van der Waals surface area contributed by atoms with Crippen LogP contribution in [-0.2, 0) is 0 Å². The lowest BCUT2D eigenvalue weighted by Crippen LogP contribution is -1.95. The van der Waals surface area contributed by atoms with Gasteiger partial charge in [-0.1, -0.05) is 56.4 Å². The zero-order valence-corrected chi connectivity index (χ0v) is 11.7. The molecule has 0 atom stereocenters. The molecule has 0 aliphatic rings. The number of hydrogen-bond acceptors (Lipinski definition) is 2. The molecule has 2 heterocycles.